The Balaban J connectivity index is 0.000000183. The predicted octanol–water partition coefficient (Wildman–Crippen LogP) is 9.49. The third kappa shape index (κ3) is 11.9. The first-order chi connectivity index (χ1) is 34.8. The van der Waals surface area contributed by atoms with Crippen LogP contribution in [0.25, 0.3) is 67.5 Å². The number of amides is 1. The molecule has 2 atom stereocenters. The molecule has 2 aliphatic rings. The maximum Gasteiger partial charge on any atom is 0.410 e. The number of hydrogen-bond donors (Lipinski definition) is 1. The minimum atomic E-state index is -3.29. The average molecular weight is 1020 g/mol. The molecule has 0 saturated carbocycles. The Morgan fingerprint density at radius 2 is 1.10 bits per heavy atom. The van der Waals surface area contributed by atoms with E-state index in [0.29, 0.717) is 29.7 Å². The van der Waals surface area contributed by atoms with Crippen molar-refractivity contribution in [3.05, 3.63) is 145 Å². The highest BCUT2D eigenvalue weighted by molar-refractivity contribution is 7.91. The lowest BCUT2D eigenvalue weighted by Gasteiger charge is -2.24. The Kier molecular flexibility index (Phi) is 14.3. The summed E-state index contributed by atoms with van der Waals surface area (Å²) in [6.45, 7) is 12.5. The fraction of sp³-hybridized carbons (Fsp3) is 0.291. The van der Waals surface area contributed by atoms with Gasteiger partial charge in [-0.25, -0.2) is 21.6 Å². The molecule has 1 amide bonds. The summed E-state index contributed by atoms with van der Waals surface area (Å²) >= 11 is 0. The van der Waals surface area contributed by atoms with E-state index in [1.807, 2.05) is 106 Å². The van der Waals surface area contributed by atoms with Gasteiger partial charge in [-0.15, -0.1) is 0 Å². The topological polar surface area (TPSA) is 197 Å². The van der Waals surface area contributed by atoms with Crippen molar-refractivity contribution in [3.8, 4) is 67.5 Å². The standard InChI is InChI=1S/C30H33N5O4S.C25H25N5O2S/c1-20-7-6-8-26(32-20)28-25(19-35(33-28)23-14-16-34(18-23)29(36)39-30(2,3)4)22-13-15-31-27(17-22)21-9-11-24(12-10-21)40(5,37)38;1-17-4-3-5-23(28-17)25-22(16-30(29-25)20-11-12-26-15-20)19-10-13-27-24(14-19)18-6-8-21(9-7-18)33(2,31)32/h6-13,15,17,19,23H,14,16,18H2,1-5H3;3-10,13-14,16,20,26H,11-12,15H2,1-2H3/t23-;20-/m11/s1. The molecule has 2 saturated heterocycles. The minimum Gasteiger partial charge on any atom is -0.444 e. The first kappa shape index (κ1) is 50.5. The second-order valence-electron chi connectivity index (χ2n) is 19.5. The maximum absolute atomic E-state index is 12.7. The molecule has 1 N–H and O–H groups in total. The first-order valence-electron chi connectivity index (χ1n) is 24.0. The summed E-state index contributed by atoms with van der Waals surface area (Å²) in [5, 5.41) is 13.3. The van der Waals surface area contributed by atoms with Crippen LogP contribution in [-0.2, 0) is 24.4 Å². The van der Waals surface area contributed by atoms with Crippen LogP contribution in [0.4, 0.5) is 4.79 Å². The van der Waals surface area contributed by atoms with Crippen molar-refractivity contribution in [3.63, 3.8) is 0 Å². The highest BCUT2D eigenvalue weighted by atomic mass is 32.2. The Morgan fingerprint density at radius 1 is 0.616 bits per heavy atom. The molecule has 0 bridgehead atoms. The number of sulfone groups is 2. The molecule has 18 heteroatoms. The summed E-state index contributed by atoms with van der Waals surface area (Å²) in [5.74, 6) is 0. The normalized spacial score (nSPS) is 16.0. The van der Waals surface area contributed by atoms with Gasteiger partial charge in [0, 0.05) is 90.6 Å². The molecule has 0 radical (unpaired) electrons. The van der Waals surface area contributed by atoms with Crippen molar-refractivity contribution in [2.24, 2.45) is 0 Å². The van der Waals surface area contributed by atoms with Gasteiger partial charge in [-0.05, 0) is 138 Å². The van der Waals surface area contributed by atoms with E-state index in [1.54, 1.807) is 65.8 Å². The number of rotatable bonds is 10. The van der Waals surface area contributed by atoms with Crippen LogP contribution in [0.15, 0.2) is 144 Å². The highest BCUT2D eigenvalue weighted by Crippen LogP contribution is 2.36. The van der Waals surface area contributed by atoms with Gasteiger partial charge in [-0.1, -0.05) is 36.4 Å². The summed E-state index contributed by atoms with van der Waals surface area (Å²) in [6.07, 6.45) is 11.5. The fourth-order valence-corrected chi connectivity index (χ4v) is 10.1. The molecule has 2 aromatic carbocycles. The van der Waals surface area contributed by atoms with Crippen LogP contribution in [-0.4, -0.2) is 112 Å². The van der Waals surface area contributed by atoms with Crippen LogP contribution in [0.5, 0.6) is 0 Å². The fourth-order valence-electron chi connectivity index (χ4n) is 8.88. The SMILES string of the molecule is Cc1cccc(-c2nn([C@@H]3CCN(C(=O)OC(C)(C)C)C3)cc2-c2ccnc(-c3ccc(S(C)(=O)=O)cc3)c2)n1.Cc1cccc(-c2nn([C@@H]3CCNC3)cc2-c2ccnc(-c3ccc(S(C)(=O)=O)cc3)c2)n1. The van der Waals surface area contributed by atoms with Gasteiger partial charge in [0.25, 0.3) is 0 Å². The van der Waals surface area contributed by atoms with Crippen molar-refractivity contribution < 1.29 is 26.4 Å². The largest absolute Gasteiger partial charge is 0.444 e. The van der Waals surface area contributed by atoms with Crippen LogP contribution in [0.1, 0.15) is 57.1 Å². The molecule has 6 aromatic heterocycles. The van der Waals surface area contributed by atoms with E-state index in [0.717, 1.165) is 99.2 Å². The van der Waals surface area contributed by atoms with Gasteiger partial charge < -0.3 is 15.0 Å². The molecule has 2 aliphatic heterocycles. The predicted molar refractivity (Wildman–Crippen MR) is 282 cm³/mol. The van der Waals surface area contributed by atoms with E-state index >= 15 is 0 Å². The highest BCUT2D eigenvalue weighted by Gasteiger charge is 2.32. The Labute approximate surface area is 426 Å². The molecular weight excluding hydrogens is 961 g/mol. The first-order valence-corrected chi connectivity index (χ1v) is 27.8. The van der Waals surface area contributed by atoms with Gasteiger partial charge in [-0.3, -0.25) is 29.3 Å². The van der Waals surface area contributed by atoms with Crippen molar-refractivity contribution in [2.45, 2.75) is 74.9 Å². The number of aromatic nitrogens is 8. The zero-order chi connectivity index (χ0) is 51.7. The molecule has 0 aliphatic carbocycles. The van der Waals surface area contributed by atoms with E-state index in [-0.39, 0.29) is 17.0 Å². The number of benzene rings is 2. The van der Waals surface area contributed by atoms with Crippen molar-refractivity contribution in [2.75, 3.05) is 38.7 Å². The van der Waals surface area contributed by atoms with Crippen molar-refractivity contribution in [1.29, 1.82) is 0 Å². The van der Waals surface area contributed by atoms with Gasteiger partial charge >= 0.3 is 6.09 Å². The van der Waals surface area contributed by atoms with Crippen LogP contribution in [0, 0.1) is 13.8 Å². The zero-order valence-corrected chi connectivity index (χ0v) is 43.5. The summed E-state index contributed by atoms with van der Waals surface area (Å²) in [4.78, 5) is 33.5. The van der Waals surface area contributed by atoms with Gasteiger partial charge in [0.2, 0.25) is 0 Å². The molecule has 73 heavy (non-hydrogen) atoms. The van der Waals surface area contributed by atoms with Crippen molar-refractivity contribution >= 4 is 25.8 Å². The average Bonchev–Trinajstić information content (AvgIpc) is 4.21. The van der Waals surface area contributed by atoms with E-state index in [1.165, 1.54) is 12.5 Å². The maximum atomic E-state index is 12.7. The van der Waals surface area contributed by atoms with E-state index in [4.69, 9.17) is 24.9 Å². The lowest BCUT2D eigenvalue weighted by Crippen LogP contribution is -2.35. The lowest BCUT2D eigenvalue weighted by molar-refractivity contribution is 0.0288. The van der Waals surface area contributed by atoms with Crippen LogP contribution in [0.3, 0.4) is 0 Å². The lowest BCUT2D eigenvalue weighted by atomic mass is 10.0. The van der Waals surface area contributed by atoms with Gasteiger partial charge in [-0.2, -0.15) is 10.2 Å². The number of nitrogens with zero attached hydrogens (tertiary/aromatic N) is 9. The molecule has 8 heterocycles. The number of ether oxygens (including phenoxy) is 1. The summed E-state index contributed by atoms with van der Waals surface area (Å²) in [7, 11) is -6.53. The number of hydrogen-bond acceptors (Lipinski definition) is 13. The Bertz CT molecular complexity index is 3530. The van der Waals surface area contributed by atoms with Crippen molar-refractivity contribution in [1.82, 2.24) is 49.7 Å². The van der Waals surface area contributed by atoms with E-state index in [9.17, 15) is 21.6 Å². The molecule has 10 rings (SSSR count). The minimum absolute atomic E-state index is 0.00493. The third-order valence-corrected chi connectivity index (χ3v) is 14.9. The molecule has 376 valence electrons. The second kappa shape index (κ2) is 20.6. The molecule has 16 nitrogen and oxygen atoms in total. The number of likely N-dealkylation sites (tertiary alicyclic amines) is 1. The van der Waals surface area contributed by atoms with Gasteiger partial charge in [0.1, 0.15) is 17.0 Å². The zero-order valence-electron chi connectivity index (χ0n) is 41.9. The number of carbonyl (C=O) groups excluding carboxylic acids is 1. The molecular formula is C55H58N10O6S2. The monoisotopic (exact) mass is 1020 g/mol. The van der Waals surface area contributed by atoms with E-state index in [2.05, 4.69) is 26.2 Å². The number of pyridine rings is 4. The number of carbonyl (C=O) groups is 1. The summed E-state index contributed by atoms with van der Waals surface area (Å²) in [6, 6.07) is 33.5. The van der Waals surface area contributed by atoms with E-state index < -0.39 is 25.3 Å². The van der Waals surface area contributed by atoms with Gasteiger partial charge in [0.15, 0.2) is 19.7 Å². The molecule has 8 aromatic rings. The summed E-state index contributed by atoms with van der Waals surface area (Å²) < 4.78 is 56.9. The third-order valence-electron chi connectivity index (χ3n) is 12.6. The summed E-state index contributed by atoms with van der Waals surface area (Å²) in [5.41, 5.74) is 11.4. The number of aryl methyl sites for hydroxylation is 2. The Morgan fingerprint density at radius 3 is 1.52 bits per heavy atom. The quantitative estimate of drug-likeness (QED) is 0.136. The smallest absolute Gasteiger partial charge is 0.410 e. The van der Waals surface area contributed by atoms with Crippen LogP contribution in [0.2, 0.25) is 0 Å². The van der Waals surface area contributed by atoms with Crippen LogP contribution < -0.4 is 5.32 Å². The molecule has 0 spiro atoms. The van der Waals surface area contributed by atoms with Crippen LogP contribution >= 0.6 is 0 Å². The van der Waals surface area contributed by atoms with Gasteiger partial charge in [0.05, 0.1) is 44.7 Å². The number of nitrogens with one attached hydrogen (secondary N) is 1. The second-order valence-corrected chi connectivity index (χ2v) is 23.6. The molecule has 2 fully saturated rings. The molecule has 0 unspecified atom stereocenters. The Hall–Kier alpha value is -7.41.